The topological polar surface area (TPSA) is 0 Å². The van der Waals surface area contributed by atoms with Crippen LogP contribution in [0.25, 0.3) is 272 Å². The Morgan fingerprint density at radius 3 is 0.536 bits per heavy atom. The summed E-state index contributed by atoms with van der Waals surface area (Å²) < 4.78 is 0. The summed E-state index contributed by atoms with van der Waals surface area (Å²) in [5.74, 6) is 0. The van der Waals surface area contributed by atoms with Gasteiger partial charge in [0.1, 0.15) is 0 Å². The highest BCUT2D eigenvalue weighted by Crippen LogP contribution is 2.53. The average Bonchev–Trinajstić information content (AvgIpc) is 0.690. The molecule has 0 saturated heterocycles. The summed E-state index contributed by atoms with van der Waals surface area (Å²) in [6.07, 6.45) is 0. The summed E-state index contributed by atoms with van der Waals surface area (Å²) >= 11 is 0. The molecule has 0 saturated carbocycles. The molecule has 0 fully saturated rings. The first-order chi connectivity index (χ1) is 69.5. The summed E-state index contributed by atoms with van der Waals surface area (Å²) in [6.45, 7) is 0. The van der Waals surface area contributed by atoms with Gasteiger partial charge in [-0.2, -0.15) is 0 Å². The highest BCUT2D eigenvalue weighted by atomic mass is 14.3. The minimum Gasteiger partial charge on any atom is -0.0622 e. The number of fused-ring (bicyclic) bond motifs is 19. The van der Waals surface area contributed by atoms with Gasteiger partial charge in [-0.3, -0.25) is 0 Å². The van der Waals surface area contributed by atoms with Crippen LogP contribution in [0.1, 0.15) is 0 Å². The Hall–Kier alpha value is -18.2. The molecule has 29 aromatic carbocycles. The molecule has 0 aliphatic carbocycles. The molecule has 0 radical (unpaired) electrons. The van der Waals surface area contributed by atoms with Crippen molar-refractivity contribution < 1.29 is 0 Å². The van der Waals surface area contributed by atoms with Crippen LogP contribution < -0.4 is 0 Å². The summed E-state index contributed by atoms with van der Waals surface area (Å²) in [5, 5.41) is 43.7. The maximum Gasteiger partial charge on any atom is -0.00199 e. The van der Waals surface area contributed by atoms with E-state index >= 15 is 0 Å². The second-order valence-electron chi connectivity index (χ2n) is 36.8. The summed E-state index contributed by atoms with van der Waals surface area (Å²) in [4.78, 5) is 0. The van der Waals surface area contributed by atoms with E-state index in [9.17, 15) is 0 Å². The molecule has 0 nitrogen and oxygen atoms in total. The fraction of sp³-hybridized carbons (Fsp3) is 0. The van der Waals surface area contributed by atoms with Gasteiger partial charge in [-0.15, -0.1) is 0 Å². The van der Waals surface area contributed by atoms with Crippen molar-refractivity contribution in [2.45, 2.75) is 0 Å². The van der Waals surface area contributed by atoms with Crippen molar-refractivity contribution in [1.29, 1.82) is 0 Å². The van der Waals surface area contributed by atoms with Crippen molar-refractivity contribution in [3.8, 4) is 89.0 Å². The smallest absolute Gasteiger partial charge is 0.00199 e. The van der Waals surface area contributed by atoms with Crippen LogP contribution in [0, 0.1) is 0 Å². The van der Waals surface area contributed by atoms with E-state index in [0.29, 0.717) is 0 Å². The van der Waals surface area contributed by atoms with Gasteiger partial charge in [0.05, 0.1) is 0 Å². The molecule has 0 aliphatic heterocycles. The predicted molar refractivity (Wildman–Crippen MR) is 607 cm³/mol. The van der Waals surface area contributed by atoms with Crippen LogP contribution in [-0.4, -0.2) is 0 Å². The van der Waals surface area contributed by atoms with Crippen LogP contribution in [0.4, 0.5) is 0 Å². The van der Waals surface area contributed by atoms with Gasteiger partial charge in [-0.05, 0) is 296 Å². The largest absolute Gasteiger partial charge is 0.0622 e. The molecule has 0 atom stereocenters. The number of benzene rings is 29. The van der Waals surface area contributed by atoms with E-state index in [0.717, 1.165) is 0 Å². The lowest BCUT2D eigenvalue weighted by Gasteiger charge is -2.20. The minimum absolute atomic E-state index is 1.25. The quantitative estimate of drug-likeness (QED) is 0.105. The normalized spacial score (nSPS) is 11.6. The van der Waals surface area contributed by atoms with E-state index in [4.69, 9.17) is 0 Å². The first-order valence-corrected chi connectivity index (χ1v) is 48.6. The lowest BCUT2D eigenvalue weighted by molar-refractivity contribution is 1.67. The average molecular weight is 1770 g/mol. The van der Waals surface area contributed by atoms with Crippen molar-refractivity contribution in [3.05, 3.63) is 546 Å². The molecule has 0 spiro atoms. The van der Waals surface area contributed by atoms with Crippen LogP contribution >= 0.6 is 0 Å². The fourth-order valence-electron chi connectivity index (χ4n) is 23.0. The van der Waals surface area contributed by atoms with Crippen molar-refractivity contribution in [1.82, 2.24) is 0 Å². The third-order valence-electron chi connectivity index (χ3n) is 29.1. The van der Waals surface area contributed by atoms with Gasteiger partial charge in [0.15, 0.2) is 0 Å². The first-order valence-electron chi connectivity index (χ1n) is 48.6. The Morgan fingerprint density at radius 1 is 0.0714 bits per heavy atom. The van der Waals surface area contributed by atoms with Crippen LogP contribution in [0.3, 0.4) is 0 Å². The van der Waals surface area contributed by atoms with Gasteiger partial charge >= 0.3 is 0 Å². The van der Waals surface area contributed by atoms with Crippen LogP contribution in [0.2, 0.25) is 0 Å². The van der Waals surface area contributed by atoms with E-state index in [1.807, 2.05) is 0 Å². The van der Waals surface area contributed by atoms with Crippen LogP contribution in [0.15, 0.2) is 546 Å². The molecule has 0 heteroatoms. The highest BCUT2D eigenvalue weighted by molar-refractivity contribution is 6.31. The van der Waals surface area contributed by atoms with E-state index in [1.165, 1.54) is 272 Å². The molecule has 0 unspecified atom stereocenters. The Bertz CT molecular complexity index is 9480. The summed E-state index contributed by atoms with van der Waals surface area (Å²) in [7, 11) is 0. The number of hydrogen-bond donors (Lipinski definition) is 0. The zero-order valence-electron chi connectivity index (χ0n) is 77.0. The van der Waals surface area contributed by atoms with Crippen molar-refractivity contribution in [2.75, 3.05) is 0 Å². The molecule has 29 rings (SSSR count). The molecule has 650 valence electrons. The second kappa shape index (κ2) is 35.2. The van der Waals surface area contributed by atoms with Gasteiger partial charge in [0.25, 0.3) is 0 Å². The Kier molecular flexibility index (Phi) is 20.8. The standard InChI is InChI=1S/C38H24.3C34H22/c1-3-15-27-25(12-1)14-11-23-31(27)37-32-19-7-9-21-34(32)38(35-22-10-8-20-33(35)37)36-24-26-13-2-4-16-28(26)29-17-5-6-18-30(29)36;1-3-15-25-23(11-1)13-9-21-27(25)33-29-17-5-7-19-31(29)34(32-20-8-6-18-30(32)33)28-22-10-14-24-12-2-4-16-26(24)28;1-3-11-25-21-27(19-17-23(25)9-1)33-29-13-5-7-15-31(29)34(32-16-8-6-14-30(32)33)28-20-18-24-10-2-4-12-26(24)22-28;1-2-12-23(13-3-1)33-28-18-8-10-20-30(28)34(31-21-11-9-19-29(31)33)32-22-24-14-4-5-15-25(24)26-16-6-7-17-27(26)32/h1-24H;3*1-22H. The molecule has 0 aliphatic rings. The van der Waals surface area contributed by atoms with Crippen molar-refractivity contribution >= 4 is 183 Å². The molecule has 0 bridgehead atoms. The molecular weight excluding hydrogens is 1680 g/mol. The first kappa shape index (κ1) is 82.5. The number of rotatable bonds is 8. The summed E-state index contributed by atoms with van der Waals surface area (Å²) in [5.41, 5.74) is 20.7. The Labute approximate surface area is 812 Å². The maximum atomic E-state index is 2.39. The third-order valence-corrected chi connectivity index (χ3v) is 29.1. The lowest BCUT2D eigenvalue weighted by Crippen LogP contribution is -1.92. The van der Waals surface area contributed by atoms with Crippen molar-refractivity contribution in [3.63, 3.8) is 0 Å². The van der Waals surface area contributed by atoms with Crippen LogP contribution in [-0.2, 0) is 0 Å². The lowest BCUT2D eigenvalue weighted by atomic mass is 9.83. The fourth-order valence-corrected chi connectivity index (χ4v) is 23.0. The predicted octanol–water partition coefficient (Wildman–Crippen LogP) is 39.7. The number of hydrogen-bond acceptors (Lipinski definition) is 0. The van der Waals surface area contributed by atoms with Crippen molar-refractivity contribution in [2.24, 2.45) is 0 Å². The van der Waals surface area contributed by atoms with Gasteiger partial charge < -0.3 is 0 Å². The molecule has 0 amide bonds. The van der Waals surface area contributed by atoms with E-state index in [1.54, 1.807) is 0 Å². The van der Waals surface area contributed by atoms with Crippen LogP contribution in [0.5, 0.6) is 0 Å². The maximum absolute atomic E-state index is 2.39. The van der Waals surface area contributed by atoms with E-state index in [2.05, 4.69) is 546 Å². The monoisotopic (exact) mass is 1770 g/mol. The van der Waals surface area contributed by atoms with Gasteiger partial charge in [-0.25, -0.2) is 0 Å². The molecule has 0 N–H and O–H groups in total. The third kappa shape index (κ3) is 14.2. The minimum atomic E-state index is 1.25. The molecule has 140 heavy (non-hydrogen) atoms. The SMILES string of the molecule is c1ccc(-c2c3ccccc3c(-c3cc4ccccc4c4ccccc34)c3ccccc23)cc1.c1ccc2c(-c3c4ccccc4c(-c4cc5ccccc5c5ccccc45)c4ccccc34)cccc2c1.c1ccc2c(-c3c4ccccc4c(-c4cccc5ccccc45)c4ccccc34)cccc2c1.c1ccc2cc(-c3c4ccccc4c(-c4ccc5ccccc5c4)c4ccccc34)ccc2c1. The molecular formula is C140H90. The second-order valence-corrected chi connectivity index (χ2v) is 36.8. The highest BCUT2D eigenvalue weighted by Gasteiger charge is 2.26. The molecule has 29 aromatic rings. The zero-order valence-corrected chi connectivity index (χ0v) is 77.0. The molecule has 0 aromatic heterocycles. The van der Waals surface area contributed by atoms with Gasteiger partial charge in [-0.1, -0.05) is 522 Å². The molecule has 0 heterocycles. The van der Waals surface area contributed by atoms with E-state index in [-0.39, 0.29) is 0 Å². The van der Waals surface area contributed by atoms with E-state index < -0.39 is 0 Å². The summed E-state index contributed by atoms with van der Waals surface area (Å²) in [6, 6.07) is 199. The Morgan fingerprint density at radius 2 is 0.257 bits per heavy atom. The Balaban J connectivity index is 0.0000000961. The van der Waals surface area contributed by atoms with Gasteiger partial charge in [0, 0.05) is 0 Å². The zero-order chi connectivity index (χ0) is 92.5. The van der Waals surface area contributed by atoms with Gasteiger partial charge in [0.2, 0.25) is 0 Å².